The molecule has 6 heteroatoms. The van der Waals surface area contributed by atoms with Crippen molar-refractivity contribution in [3.05, 3.63) is 82.4 Å². The van der Waals surface area contributed by atoms with Crippen LogP contribution in [0.2, 0.25) is 0 Å². The number of aromatic hydroxyl groups is 1. The Bertz CT molecular complexity index is 1180. The zero-order valence-corrected chi connectivity index (χ0v) is 21.9. The van der Waals surface area contributed by atoms with Crippen LogP contribution in [0.5, 0.6) is 11.5 Å². The molecule has 36 heavy (non-hydrogen) atoms. The molecule has 0 saturated carbocycles. The molecule has 0 saturated heterocycles. The number of carboxylic acid groups (broad SMARTS) is 1. The van der Waals surface area contributed by atoms with E-state index in [9.17, 15) is 20.1 Å². The third-order valence-corrected chi connectivity index (χ3v) is 6.43. The Balaban J connectivity index is 1.69. The van der Waals surface area contributed by atoms with Crippen molar-refractivity contribution in [2.24, 2.45) is 0 Å². The van der Waals surface area contributed by atoms with Crippen molar-refractivity contribution in [2.75, 3.05) is 6.61 Å². The SMILES string of the molecule is Cc1cc(-c2ccc(C(=O)O)c(C(C)C)c2)cc(C)c1OCC(C)N[C@@H](C)[C@H](O)c1ccc(O)cc1. The molecule has 3 aromatic carbocycles. The van der Waals surface area contributed by atoms with Gasteiger partial charge in [0.1, 0.15) is 18.1 Å². The molecule has 3 rings (SSSR count). The highest BCUT2D eigenvalue weighted by atomic mass is 16.5. The highest BCUT2D eigenvalue weighted by Crippen LogP contribution is 2.33. The number of ether oxygens (including phenoxy) is 1. The minimum absolute atomic E-state index is 0.0117. The highest BCUT2D eigenvalue weighted by molar-refractivity contribution is 5.90. The Labute approximate surface area is 213 Å². The van der Waals surface area contributed by atoms with Crippen LogP contribution < -0.4 is 10.1 Å². The van der Waals surface area contributed by atoms with Crippen LogP contribution in [0.3, 0.4) is 0 Å². The lowest BCUT2D eigenvalue weighted by molar-refractivity contribution is 0.0695. The lowest BCUT2D eigenvalue weighted by atomic mass is 9.91. The molecule has 0 aromatic heterocycles. The van der Waals surface area contributed by atoms with Crippen LogP contribution in [-0.4, -0.2) is 40.0 Å². The molecule has 0 heterocycles. The quantitative estimate of drug-likeness (QED) is 0.279. The molecule has 0 fully saturated rings. The molecule has 192 valence electrons. The van der Waals surface area contributed by atoms with Crippen molar-refractivity contribution in [3.8, 4) is 22.6 Å². The van der Waals surface area contributed by atoms with E-state index in [-0.39, 0.29) is 23.8 Å². The van der Waals surface area contributed by atoms with Gasteiger partial charge in [-0.3, -0.25) is 0 Å². The topological polar surface area (TPSA) is 99.0 Å². The first-order valence-corrected chi connectivity index (χ1v) is 12.3. The average Bonchev–Trinajstić information content (AvgIpc) is 2.82. The lowest BCUT2D eigenvalue weighted by Gasteiger charge is -2.25. The summed E-state index contributed by atoms with van der Waals surface area (Å²) in [6.07, 6.45) is -0.709. The van der Waals surface area contributed by atoms with Crippen LogP contribution in [0.15, 0.2) is 54.6 Å². The van der Waals surface area contributed by atoms with Crippen molar-refractivity contribution in [2.45, 2.75) is 65.6 Å². The van der Waals surface area contributed by atoms with E-state index >= 15 is 0 Å². The molecule has 1 unspecified atom stereocenters. The zero-order chi connectivity index (χ0) is 26.6. The maximum absolute atomic E-state index is 11.6. The monoisotopic (exact) mass is 491 g/mol. The van der Waals surface area contributed by atoms with Gasteiger partial charge in [-0.05, 0) is 97.3 Å². The predicted molar refractivity (Wildman–Crippen MR) is 143 cm³/mol. The summed E-state index contributed by atoms with van der Waals surface area (Å²) in [5.41, 5.74) is 5.90. The van der Waals surface area contributed by atoms with E-state index in [2.05, 4.69) is 17.4 Å². The van der Waals surface area contributed by atoms with Gasteiger partial charge >= 0.3 is 5.97 Å². The summed E-state index contributed by atoms with van der Waals surface area (Å²) in [5.74, 6) is 0.187. The third kappa shape index (κ3) is 6.45. The van der Waals surface area contributed by atoms with E-state index in [1.807, 2.05) is 53.7 Å². The Morgan fingerprint density at radius 2 is 1.53 bits per heavy atom. The van der Waals surface area contributed by atoms with Crippen LogP contribution in [0, 0.1) is 13.8 Å². The van der Waals surface area contributed by atoms with E-state index in [1.165, 1.54) is 0 Å². The van der Waals surface area contributed by atoms with Gasteiger partial charge in [0, 0.05) is 12.1 Å². The minimum atomic E-state index is -0.908. The van der Waals surface area contributed by atoms with Crippen molar-refractivity contribution in [1.82, 2.24) is 5.32 Å². The van der Waals surface area contributed by atoms with Crippen LogP contribution in [0.4, 0.5) is 0 Å². The molecular formula is C30H37NO5. The highest BCUT2D eigenvalue weighted by Gasteiger charge is 2.19. The van der Waals surface area contributed by atoms with Gasteiger partial charge in [0.15, 0.2) is 0 Å². The normalized spacial score (nSPS) is 13.9. The smallest absolute Gasteiger partial charge is 0.335 e. The first kappa shape index (κ1) is 27.2. The molecule has 0 radical (unpaired) electrons. The van der Waals surface area contributed by atoms with Gasteiger partial charge in [0.2, 0.25) is 0 Å². The first-order valence-electron chi connectivity index (χ1n) is 12.3. The molecule has 0 aliphatic heterocycles. The maximum atomic E-state index is 11.6. The number of hydrogen-bond acceptors (Lipinski definition) is 5. The molecule has 0 spiro atoms. The van der Waals surface area contributed by atoms with Crippen molar-refractivity contribution >= 4 is 5.97 Å². The molecule has 0 amide bonds. The lowest BCUT2D eigenvalue weighted by Crippen LogP contribution is -2.41. The number of aromatic carboxylic acids is 1. The molecule has 4 N–H and O–H groups in total. The summed E-state index contributed by atoms with van der Waals surface area (Å²) < 4.78 is 6.18. The number of aliphatic hydroxyl groups is 1. The number of benzene rings is 3. The van der Waals surface area contributed by atoms with Gasteiger partial charge in [-0.15, -0.1) is 0 Å². The fourth-order valence-corrected chi connectivity index (χ4v) is 4.52. The number of carboxylic acids is 1. The van der Waals surface area contributed by atoms with Crippen LogP contribution >= 0.6 is 0 Å². The second-order valence-corrected chi connectivity index (χ2v) is 9.90. The number of phenols is 1. The largest absolute Gasteiger partial charge is 0.508 e. The second kappa shape index (κ2) is 11.6. The minimum Gasteiger partial charge on any atom is -0.508 e. The maximum Gasteiger partial charge on any atom is 0.335 e. The summed E-state index contributed by atoms with van der Waals surface area (Å²) in [6, 6.07) is 16.0. The number of carbonyl (C=O) groups is 1. The summed E-state index contributed by atoms with van der Waals surface area (Å²) in [4.78, 5) is 11.6. The standard InChI is InChI=1S/C30H37NO5/c1-17(2)27-15-23(9-12-26(27)30(34)35)24-13-18(3)29(19(4)14-24)36-16-20(5)31-21(6)28(33)22-7-10-25(32)11-8-22/h7-15,17,20-21,28,31-33H,16H2,1-6H3,(H,34,35)/t20?,21-,28-/m0/s1. The van der Waals surface area contributed by atoms with E-state index in [1.54, 1.807) is 30.3 Å². The van der Waals surface area contributed by atoms with Gasteiger partial charge < -0.3 is 25.4 Å². The molecule has 0 aliphatic rings. The van der Waals surface area contributed by atoms with Crippen molar-refractivity contribution in [1.29, 1.82) is 0 Å². The predicted octanol–water partition coefficient (Wildman–Crippen LogP) is 5.98. The molecular weight excluding hydrogens is 454 g/mol. The fourth-order valence-electron chi connectivity index (χ4n) is 4.52. The number of hydrogen-bond donors (Lipinski definition) is 4. The average molecular weight is 492 g/mol. The Hall–Kier alpha value is -3.35. The zero-order valence-electron chi connectivity index (χ0n) is 21.9. The Morgan fingerprint density at radius 1 is 0.917 bits per heavy atom. The third-order valence-electron chi connectivity index (χ3n) is 6.43. The number of phenolic OH excluding ortho intramolecular Hbond substituents is 1. The van der Waals surface area contributed by atoms with Crippen LogP contribution in [0.1, 0.15) is 72.3 Å². The molecule has 3 aromatic rings. The van der Waals surface area contributed by atoms with Gasteiger partial charge in [-0.25, -0.2) is 4.79 Å². The van der Waals surface area contributed by atoms with E-state index in [0.29, 0.717) is 12.2 Å². The van der Waals surface area contributed by atoms with Gasteiger partial charge in [0.05, 0.1) is 11.7 Å². The van der Waals surface area contributed by atoms with Crippen molar-refractivity contribution < 1.29 is 24.9 Å². The second-order valence-electron chi connectivity index (χ2n) is 9.90. The number of aryl methyl sites for hydroxylation is 2. The molecule has 6 nitrogen and oxygen atoms in total. The molecule has 0 bridgehead atoms. The van der Waals surface area contributed by atoms with Crippen LogP contribution in [0.25, 0.3) is 11.1 Å². The summed E-state index contributed by atoms with van der Waals surface area (Å²) in [7, 11) is 0. The van der Waals surface area contributed by atoms with Crippen LogP contribution in [-0.2, 0) is 0 Å². The summed E-state index contributed by atoms with van der Waals surface area (Å²) in [5, 5.41) is 33.0. The number of nitrogens with one attached hydrogen (secondary N) is 1. The first-order chi connectivity index (χ1) is 17.0. The number of rotatable bonds is 10. The van der Waals surface area contributed by atoms with E-state index in [0.717, 1.165) is 39.1 Å². The van der Waals surface area contributed by atoms with E-state index in [4.69, 9.17) is 4.74 Å². The Kier molecular flexibility index (Phi) is 8.77. The summed E-state index contributed by atoms with van der Waals surface area (Å²) in [6.45, 7) is 12.4. The van der Waals surface area contributed by atoms with Gasteiger partial charge in [-0.2, -0.15) is 0 Å². The molecule has 0 aliphatic carbocycles. The van der Waals surface area contributed by atoms with Gasteiger partial charge in [0.25, 0.3) is 0 Å². The van der Waals surface area contributed by atoms with Gasteiger partial charge in [-0.1, -0.05) is 38.1 Å². The number of aliphatic hydroxyl groups excluding tert-OH is 1. The molecule has 3 atom stereocenters. The Morgan fingerprint density at radius 3 is 2.08 bits per heavy atom. The summed E-state index contributed by atoms with van der Waals surface area (Å²) >= 11 is 0. The van der Waals surface area contributed by atoms with E-state index < -0.39 is 12.1 Å². The fraction of sp³-hybridized carbons (Fsp3) is 0.367. The van der Waals surface area contributed by atoms with Crippen molar-refractivity contribution in [3.63, 3.8) is 0 Å².